The van der Waals surface area contributed by atoms with Gasteiger partial charge in [0.15, 0.2) is 12.6 Å². The maximum absolute atomic E-state index is 14.8. The Morgan fingerprint density at radius 1 is 0.880 bits per heavy atom. The van der Waals surface area contributed by atoms with Crippen molar-refractivity contribution in [3.05, 3.63) is 11.6 Å². The van der Waals surface area contributed by atoms with Gasteiger partial charge < -0.3 is 48.8 Å². The smallest absolute Gasteiger partial charge is 0.331 e. The van der Waals surface area contributed by atoms with Crippen molar-refractivity contribution < 1.29 is 58.4 Å². The largest absolute Gasteiger partial charge is 0.458 e. The van der Waals surface area contributed by atoms with Crippen LogP contribution < -0.4 is 0 Å². The third-order valence-electron chi connectivity index (χ3n) is 15.6. The Labute approximate surface area is 295 Å². The van der Waals surface area contributed by atoms with Gasteiger partial charge in [-0.1, -0.05) is 27.7 Å². The van der Waals surface area contributed by atoms with Crippen LogP contribution in [0.25, 0.3) is 0 Å². The number of carbonyl (C=O) groups is 2. The highest BCUT2D eigenvalue weighted by Gasteiger charge is 2.75. The predicted molar refractivity (Wildman–Crippen MR) is 177 cm³/mol. The lowest BCUT2D eigenvalue weighted by Crippen LogP contribution is -2.71. The van der Waals surface area contributed by atoms with E-state index in [1.807, 2.05) is 6.92 Å². The molecule has 6 fully saturated rings. The summed E-state index contributed by atoms with van der Waals surface area (Å²) < 4.78 is 35.9. The summed E-state index contributed by atoms with van der Waals surface area (Å²) in [7, 11) is 1.58. The second kappa shape index (κ2) is 12.8. The lowest BCUT2D eigenvalue weighted by atomic mass is 9.29. The van der Waals surface area contributed by atoms with Crippen molar-refractivity contribution in [1.29, 1.82) is 0 Å². The first-order chi connectivity index (χ1) is 23.6. The van der Waals surface area contributed by atoms with E-state index >= 15 is 0 Å². The lowest BCUT2D eigenvalue weighted by Gasteiger charge is -2.74. The number of rotatable bonds is 7. The van der Waals surface area contributed by atoms with Crippen molar-refractivity contribution in [2.45, 2.75) is 160 Å². The molecule has 0 aromatic carbocycles. The molecular weight excluding hydrogens is 648 g/mol. The number of carbonyl (C=O) groups excluding carboxylic acids is 2. The number of aliphatic hydroxyl groups is 4. The van der Waals surface area contributed by atoms with Gasteiger partial charge in [-0.05, 0) is 92.4 Å². The standard InChI is InChI=1S/C38H58O12/c1-20-31(50-32-30(43)29(42)28(41)25(18-39)49-32)24(45-6)16-27(47-20)48-22-7-9-36(4)34(2,17-22)11-14-38-10-8-23(21-15-26(40)46-19-21)35(3,33(38)44)12-13-37(36,38)5/h15,20,22-25,27-32,39,41-43H,7-14,16-19H2,1-6H3/t20-,22+,23-,24+,25-,27+,28-,29+,30-,31-,32+,34+,35-,36+,37-,38+/m1/s1. The first-order valence-corrected chi connectivity index (χ1v) is 18.8. The predicted octanol–water partition coefficient (Wildman–Crippen LogP) is 2.95. The SMILES string of the molecule is CO[C@H]1C[C@H](O[C@H]2CC[C@@]3(C)[C@@](C)(CC[C@]45CC[C@H](C6=CC(=O)OC6)[C@@](C)(CC[C@@]43C)C5=O)C2)O[C@H](C)[C@H]1O[C@@H]1O[C@H](CO)[C@@H](O)[C@H](O)[C@H]1O. The molecular formula is C38H58O12. The van der Waals surface area contributed by atoms with Crippen LogP contribution in [0.2, 0.25) is 0 Å². The fraction of sp³-hybridized carbons (Fsp3) is 0.895. The second-order valence-electron chi connectivity index (χ2n) is 17.6. The van der Waals surface area contributed by atoms with Gasteiger partial charge in [0, 0.05) is 30.4 Å². The fourth-order valence-electron chi connectivity index (χ4n) is 12.2. The van der Waals surface area contributed by atoms with Crippen LogP contribution in [0.3, 0.4) is 0 Å². The monoisotopic (exact) mass is 706 g/mol. The molecule has 0 aromatic heterocycles. The topological polar surface area (TPSA) is 170 Å². The van der Waals surface area contributed by atoms with E-state index in [0.717, 1.165) is 63.4 Å². The second-order valence-corrected chi connectivity index (χ2v) is 17.6. The van der Waals surface area contributed by atoms with Crippen molar-refractivity contribution in [1.82, 2.24) is 0 Å². The van der Waals surface area contributed by atoms with E-state index in [2.05, 4.69) is 27.7 Å². The summed E-state index contributed by atoms with van der Waals surface area (Å²) in [5.74, 6) is 0.189. The number of Topliss-reactive ketones (excluding diaryl/α,β-unsaturated/α-hetero) is 1. The summed E-state index contributed by atoms with van der Waals surface area (Å²) in [6, 6.07) is 0. The number of ketones is 1. The van der Waals surface area contributed by atoms with E-state index in [1.165, 1.54) is 0 Å². The van der Waals surface area contributed by atoms with Crippen molar-refractivity contribution in [3.8, 4) is 0 Å². The molecule has 50 heavy (non-hydrogen) atoms. The van der Waals surface area contributed by atoms with Gasteiger partial charge in [-0.3, -0.25) is 4.79 Å². The lowest BCUT2D eigenvalue weighted by molar-refractivity contribution is -0.346. The molecule has 4 saturated carbocycles. The Balaban J connectivity index is 1.02. The maximum atomic E-state index is 14.8. The molecule has 0 aromatic rings. The molecule has 2 saturated heterocycles. The number of fused-ring (bicyclic) bond motifs is 3. The minimum absolute atomic E-state index is 0.0320. The van der Waals surface area contributed by atoms with Crippen LogP contribution in [-0.4, -0.2) is 114 Å². The maximum Gasteiger partial charge on any atom is 0.331 e. The zero-order chi connectivity index (χ0) is 36.0. The average Bonchev–Trinajstić information content (AvgIpc) is 3.51. The highest BCUT2D eigenvalue weighted by atomic mass is 16.7. The van der Waals surface area contributed by atoms with Gasteiger partial charge in [0.05, 0.1) is 24.9 Å². The summed E-state index contributed by atoms with van der Waals surface area (Å²) in [4.78, 5) is 26.8. The van der Waals surface area contributed by atoms with Crippen molar-refractivity contribution in [2.75, 3.05) is 20.3 Å². The number of hydrogen-bond donors (Lipinski definition) is 4. The van der Waals surface area contributed by atoms with Crippen LogP contribution >= 0.6 is 0 Å². The van der Waals surface area contributed by atoms with Gasteiger partial charge in [0.25, 0.3) is 0 Å². The summed E-state index contributed by atoms with van der Waals surface area (Å²) in [5.41, 5.74) is -0.0957. The van der Waals surface area contributed by atoms with Gasteiger partial charge in [-0.25, -0.2) is 4.79 Å². The Bertz CT molecular complexity index is 1370. The van der Waals surface area contributed by atoms with Crippen LogP contribution in [0.1, 0.15) is 98.8 Å². The Hall–Kier alpha value is -1.48. The summed E-state index contributed by atoms with van der Waals surface area (Å²) in [6.07, 6.45) is 0.997. The van der Waals surface area contributed by atoms with Crippen LogP contribution in [0.4, 0.5) is 0 Å². The number of methoxy groups -OCH3 is 1. The number of hydrogen-bond acceptors (Lipinski definition) is 12. The van der Waals surface area contributed by atoms with Gasteiger partial charge >= 0.3 is 5.97 Å². The zero-order valence-corrected chi connectivity index (χ0v) is 30.5. The van der Waals surface area contributed by atoms with Crippen LogP contribution in [0.5, 0.6) is 0 Å². The Morgan fingerprint density at radius 2 is 1.64 bits per heavy atom. The molecule has 7 rings (SSSR count). The fourth-order valence-corrected chi connectivity index (χ4v) is 12.2. The van der Waals surface area contributed by atoms with E-state index in [-0.39, 0.29) is 39.7 Å². The molecule has 16 atom stereocenters. The molecule has 7 aliphatic rings. The highest BCUT2D eigenvalue weighted by molar-refractivity contribution is 5.94. The Kier molecular flexibility index (Phi) is 9.46. The zero-order valence-electron chi connectivity index (χ0n) is 30.5. The van der Waals surface area contributed by atoms with Crippen LogP contribution in [0.15, 0.2) is 11.6 Å². The molecule has 12 nitrogen and oxygen atoms in total. The Morgan fingerprint density at radius 3 is 2.32 bits per heavy atom. The number of esters is 1. The molecule has 0 unspecified atom stereocenters. The average molecular weight is 707 g/mol. The third kappa shape index (κ3) is 5.25. The van der Waals surface area contributed by atoms with E-state index < -0.39 is 67.3 Å². The number of cyclic esters (lactones) is 1. The molecule has 3 aliphatic heterocycles. The van der Waals surface area contributed by atoms with E-state index in [9.17, 15) is 30.0 Å². The molecule has 12 heteroatoms. The van der Waals surface area contributed by atoms with Crippen molar-refractivity contribution in [2.24, 2.45) is 33.0 Å². The molecule has 4 N–H and O–H groups in total. The van der Waals surface area contributed by atoms with Gasteiger partial charge in [-0.2, -0.15) is 0 Å². The molecule has 3 heterocycles. The molecule has 2 bridgehead atoms. The van der Waals surface area contributed by atoms with Crippen molar-refractivity contribution in [3.63, 3.8) is 0 Å². The van der Waals surface area contributed by atoms with Gasteiger partial charge in [0.2, 0.25) is 0 Å². The highest BCUT2D eigenvalue weighted by Crippen LogP contribution is 2.78. The molecule has 282 valence electrons. The molecule has 0 amide bonds. The molecule has 0 radical (unpaired) electrons. The normalized spacial score (nSPS) is 53.6. The van der Waals surface area contributed by atoms with Gasteiger partial charge in [-0.15, -0.1) is 0 Å². The summed E-state index contributed by atoms with van der Waals surface area (Å²) in [6.45, 7) is 11.0. The van der Waals surface area contributed by atoms with Crippen LogP contribution in [0, 0.1) is 33.0 Å². The van der Waals surface area contributed by atoms with Crippen LogP contribution in [-0.2, 0) is 38.0 Å². The number of aliphatic hydroxyl groups excluding tert-OH is 4. The van der Waals surface area contributed by atoms with Gasteiger partial charge in [0.1, 0.15) is 42.9 Å². The quantitative estimate of drug-likeness (QED) is 0.226. The first kappa shape index (κ1) is 36.9. The molecule has 4 aliphatic carbocycles. The minimum Gasteiger partial charge on any atom is -0.458 e. The van der Waals surface area contributed by atoms with E-state index in [0.29, 0.717) is 18.8 Å². The van der Waals surface area contributed by atoms with E-state index in [1.54, 1.807) is 13.2 Å². The minimum atomic E-state index is -1.54. The van der Waals surface area contributed by atoms with Crippen molar-refractivity contribution >= 4 is 11.8 Å². The third-order valence-corrected chi connectivity index (χ3v) is 15.6. The molecule has 1 spiro atoms. The first-order valence-electron chi connectivity index (χ1n) is 18.8. The van der Waals surface area contributed by atoms with E-state index in [4.69, 9.17) is 28.4 Å². The number of ether oxygens (including phenoxy) is 6. The summed E-state index contributed by atoms with van der Waals surface area (Å²) >= 11 is 0. The summed E-state index contributed by atoms with van der Waals surface area (Å²) in [5, 5.41) is 40.6.